The van der Waals surface area contributed by atoms with Crippen LogP contribution in [0.15, 0.2) is 12.5 Å². The summed E-state index contributed by atoms with van der Waals surface area (Å²) >= 11 is 11.5. The van der Waals surface area contributed by atoms with Gasteiger partial charge in [-0.3, -0.25) is 4.79 Å². The zero-order chi connectivity index (χ0) is 11.8. The first kappa shape index (κ1) is 11.7. The summed E-state index contributed by atoms with van der Waals surface area (Å²) in [5.74, 6) is -0.672. The van der Waals surface area contributed by atoms with E-state index in [2.05, 4.69) is 4.98 Å². The van der Waals surface area contributed by atoms with Crippen LogP contribution in [0.4, 0.5) is 0 Å². The van der Waals surface area contributed by atoms with Gasteiger partial charge in [-0.05, 0) is 6.42 Å². The Kier molecular flexibility index (Phi) is 3.13. The van der Waals surface area contributed by atoms with Crippen molar-refractivity contribution >= 4 is 29.2 Å². The highest BCUT2D eigenvalue weighted by atomic mass is 35.5. The van der Waals surface area contributed by atoms with Gasteiger partial charge in [-0.1, -0.05) is 0 Å². The maximum Gasteiger partial charge on any atom is 0.312 e. The molecule has 0 N–H and O–H groups in total. The zero-order valence-corrected chi connectivity index (χ0v) is 10.3. The van der Waals surface area contributed by atoms with E-state index in [9.17, 15) is 4.79 Å². The molecule has 1 aromatic rings. The number of carbonyl (C=O) groups is 1. The van der Waals surface area contributed by atoms with Gasteiger partial charge >= 0.3 is 5.97 Å². The molecular weight excluding hydrogens is 251 g/mol. The number of ether oxygens (including phenoxy) is 1. The van der Waals surface area contributed by atoms with Gasteiger partial charge in [-0.25, -0.2) is 4.98 Å². The minimum Gasteiger partial charge on any atom is -0.465 e. The van der Waals surface area contributed by atoms with Gasteiger partial charge in [0.25, 0.3) is 0 Å². The minimum absolute atomic E-state index is 0.313. The normalized spacial score (nSPS) is 21.8. The lowest BCUT2D eigenvalue weighted by atomic mass is 10.3. The van der Waals surface area contributed by atoms with Gasteiger partial charge in [0.1, 0.15) is 4.33 Å². The van der Waals surface area contributed by atoms with Gasteiger partial charge < -0.3 is 9.30 Å². The summed E-state index contributed by atoms with van der Waals surface area (Å²) in [4.78, 5) is 15.4. The molecule has 0 spiro atoms. The standard InChI is InChI=1S/C10H12Cl2N2O2/c1-14-6-13-5-7(14)2-3-16-9(15)8-4-10(8,11)12/h5-6,8H,2-4H2,1H3/t8-/m1/s1. The number of halogens is 2. The molecule has 0 unspecified atom stereocenters. The molecule has 1 aromatic heterocycles. The summed E-state index contributed by atoms with van der Waals surface area (Å²) in [6, 6.07) is 0. The first-order valence-electron chi connectivity index (χ1n) is 5.00. The van der Waals surface area contributed by atoms with Crippen molar-refractivity contribution in [3.8, 4) is 0 Å². The number of rotatable bonds is 4. The molecule has 0 aliphatic heterocycles. The van der Waals surface area contributed by atoms with Crippen LogP contribution in [-0.2, 0) is 23.0 Å². The number of hydrogen-bond acceptors (Lipinski definition) is 3. The Bertz CT molecular complexity index is 403. The first-order chi connectivity index (χ1) is 7.50. The van der Waals surface area contributed by atoms with E-state index < -0.39 is 4.33 Å². The molecule has 0 amide bonds. The Morgan fingerprint density at radius 2 is 2.44 bits per heavy atom. The van der Waals surface area contributed by atoms with Gasteiger partial charge in [0.15, 0.2) is 0 Å². The van der Waals surface area contributed by atoms with Crippen LogP contribution in [0.5, 0.6) is 0 Å². The third-order valence-electron chi connectivity index (χ3n) is 2.63. The van der Waals surface area contributed by atoms with Crippen LogP contribution in [0.1, 0.15) is 12.1 Å². The van der Waals surface area contributed by atoms with E-state index in [4.69, 9.17) is 27.9 Å². The van der Waals surface area contributed by atoms with E-state index in [0.717, 1.165) is 5.69 Å². The number of imidazole rings is 1. The van der Waals surface area contributed by atoms with Gasteiger partial charge in [-0.2, -0.15) is 0 Å². The van der Waals surface area contributed by atoms with Crippen molar-refractivity contribution in [1.29, 1.82) is 0 Å². The number of nitrogens with zero attached hydrogens (tertiary/aromatic N) is 2. The molecule has 1 aliphatic carbocycles. The predicted molar refractivity (Wildman–Crippen MR) is 60.4 cm³/mol. The Balaban J connectivity index is 1.73. The van der Waals surface area contributed by atoms with Crippen molar-refractivity contribution < 1.29 is 9.53 Å². The number of hydrogen-bond donors (Lipinski definition) is 0. The van der Waals surface area contributed by atoms with Crippen LogP contribution >= 0.6 is 23.2 Å². The summed E-state index contributed by atoms with van der Waals surface area (Å²) in [6.07, 6.45) is 4.59. The summed E-state index contributed by atoms with van der Waals surface area (Å²) in [5, 5.41) is 0. The highest BCUT2D eigenvalue weighted by molar-refractivity contribution is 6.52. The largest absolute Gasteiger partial charge is 0.465 e. The first-order valence-corrected chi connectivity index (χ1v) is 5.76. The summed E-state index contributed by atoms with van der Waals surface area (Å²) in [5.41, 5.74) is 1.02. The van der Waals surface area contributed by atoms with Gasteiger partial charge in [-0.15, -0.1) is 23.2 Å². The van der Waals surface area contributed by atoms with E-state index in [1.807, 2.05) is 11.6 Å². The molecule has 1 saturated carbocycles. The Labute approximate surface area is 104 Å². The van der Waals surface area contributed by atoms with Crippen LogP contribution < -0.4 is 0 Å². The van der Waals surface area contributed by atoms with E-state index >= 15 is 0 Å². The van der Waals surface area contributed by atoms with Crippen molar-refractivity contribution in [3.63, 3.8) is 0 Å². The number of aromatic nitrogens is 2. The summed E-state index contributed by atoms with van der Waals surface area (Å²) < 4.78 is 6.07. The molecule has 1 fully saturated rings. The van der Waals surface area contributed by atoms with Gasteiger partial charge in [0.2, 0.25) is 0 Å². The number of alkyl halides is 2. The number of carbonyl (C=O) groups excluding carboxylic acids is 1. The maximum absolute atomic E-state index is 11.4. The van der Waals surface area contributed by atoms with Crippen LogP contribution in [-0.4, -0.2) is 26.5 Å². The molecular formula is C10H12Cl2N2O2. The monoisotopic (exact) mass is 262 g/mol. The van der Waals surface area contributed by atoms with Crippen LogP contribution in [0.3, 0.4) is 0 Å². The molecule has 0 radical (unpaired) electrons. The number of aryl methyl sites for hydroxylation is 1. The molecule has 2 rings (SSSR count). The third kappa shape index (κ3) is 2.50. The molecule has 4 nitrogen and oxygen atoms in total. The Morgan fingerprint density at radius 3 is 2.94 bits per heavy atom. The fraction of sp³-hybridized carbons (Fsp3) is 0.600. The van der Waals surface area contributed by atoms with Crippen molar-refractivity contribution in [1.82, 2.24) is 9.55 Å². The quantitative estimate of drug-likeness (QED) is 0.613. The van der Waals surface area contributed by atoms with Crippen LogP contribution in [0.2, 0.25) is 0 Å². The van der Waals surface area contributed by atoms with Crippen LogP contribution in [0.25, 0.3) is 0 Å². The second-order valence-electron chi connectivity index (χ2n) is 3.93. The Morgan fingerprint density at radius 1 is 1.75 bits per heavy atom. The van der Waals surface area contributed by atoms with E-state index in [1.165, 1.54) is 0 Å². The highest BCUT2D eigenvalue weighted by Gasteiger charge is 2.57. The molecule has 0 saturated heterocycles. The van der Waals surface area contributed by atoms with Gasteiger partial charge in [0, 0.05) is 25.4 Å². The number of esters is 1. The highest BCUT2D eigenvalue weighted by Crippen LogP contribution is 2.53. The maximum atomic E-state index is 11.4. The Hall–Kier alpha value is -0.740. The van der Waals surface area contributed by atoms with Crippen molar-refractivity contribution in [3.05, 3.63) is 18.2 Å². The van der Waals surface area contributed by atoms with Crippen molar-refractivity contribution in [2.45, 2.75) is 17.2 Å². The SMILES string of the molecule is Cn1cncc1CCOC(=O)[C@H]1CC1(Cl)Cl. The lowest BCUT2D eigenvalue weighted by Gasteiger charge is -2.05. The molecule has 1 aliphatic rings. The van der Waals surface area contributed by atoms with Crippen molar-refractivity contribution in [2.75, 3.05) is 6.61 Å². The summed E-state index contributed by atoms with van der Waals surface area (Å²) in [7, 11) is 1.90. The molecule has 1 heterocycles. The fourth-order valence-electron chi connectivity index (χ4n) is 1.45. The van der Waals surface area contributed by atoms with E-state index in [0.29, 0.717) is 19.4 Å². The second kappa shape index (κ2) is 4.26. The molecule has 0 aromatic carbocycles. The van der Waals surface area contributed by atoms with Gasteiger partial charge in [0.05, 0.1) is 18.9 Å². The predicted octanol–water partition coefficient (Wildman–Crippen LogP) is 1.70. The average Bonchev–Trinajstić information content (AvgIpc) is 2.65. The molecule has 88 valence electrons. The van der Waals surface area contributed by atoms with Crippen molar-refractivity contribution in [2.24, 2.45) is 13.0 Å². The fourth-order valence-corrected chi connectivity index (χ4v) is 1.94. The minimum atomic E-state index is -0.899. The smallest absolute Gasteiger partial charge is 0.312 e. The molecule has 6 heteroatoms. The average molecular weight is 263 g/mol. The second-order valence-corrected chi connectivity index (χ2v) is 5.47. The summed E-state index contributed by atoms with van der Waals surface area (Å²) in [6.45, 7) is 0.332. The lowest BCUT2D eigenvalue weighted by Crippen LogP contribution is -2.13. The molecule has 0 bridgehead atoms. The molecule has 1 atom stereocenters. The topological polar surface area (TPSA) is 44.1 Å². The van der Waals surface area contributed by atoms with E-state index in [-0.39, 0.29) is 11.9 Å². The van der Waals surface area contributed by atoms with Crippen LogP contribution in [0, 0.1) is 5.92 Å². The lowest BCUT2D eigenvalue weighted by molar-refractivity contribution is -0.145. The molecule has 16 heavy (non-hydrogen) atoms. The van der Waals surface area contributed by atoms with E-state index in [1.54, 1.807) is 12.5 Å². The third-order valence-corrected chi connectivity index (χ3v) is 3.46. The zero-order valence-electron chi connectivity index (χ0n) is 8.82.